The molecular formula is C15H22N2O4S. The van der Waals surface area contributed by atoms with Gasteiger partial charge in [0, 0.05) is 19.1 Å². The summed E-state index contributed by atoms with van der Waals surface area (Å²) in [4.78, 5) is 11.7. The van der Waals surface area contributed by atoms with E-state index in [1.54, 1.807) is 0 Å². The van der Waals surface area contributed by atoms with Gasteiger partial charge in [-0.15, -0.1) is 0 Å². The summed E-state index contributed by atoms with van der Waals surface area (Å²) >= 11 is 0. The monoisotopic (exact) mass is 326 g/mol. The molecule has 0 radical (unpaired) electrons. The van der Waals surface area contributed by atoms with E-state index in [0.717, 1.165) is 18.6 Å². The van der Waals surface area contributed by atoms with E-state index in [1.165, 1.54) is 10.6 Å². The quantitative estimate of drug-likeness (QED) is 0.734. The number of sulfonamides is 1. The zero-order chi connectivity index (χ0) is 16.0. The molecule has 7 heteroatoms. The SMILES string of the molecule is CS(=O)(=O)N(CCNC(=O)CCOc1ccccc1)C1CC1. The van der Waals surface area contributed by atoms with Crippen molar-refractivity contribution in [2.75, 3.05) is 26.0 Å². The number of benzene rings is 1. The van der Waals surface area contributed by atoms with Crippen molar-refractivity contribution in [3.8, 4) is 5.75 Å². The van der Waals surface area contributed by atoms with E-state index < -0.39 is 10.0 Å². The van der Waals surface area contributed by atoms with E-state index in [0.29, 0.717) is 19.7 Å². The first-order valence-corrected chi connectivity index (χ1v) is 9.23. The van der Waals surface area contributed by atoms with E-state index in [2.05, 4.69) is 5.32 Å². The van der Waals surface area contributed by atoms with Crippen LogP contribution in [0.15, 0.2) is 30.3 Å². The third-order valence-electron chi connectivity index (χ3n) is 3.38. The molecule has 0 aliphatic heterocycles. The van der Waals surface area contributed by atoms with E-state index in [1.807, 2.05) is 30.3 Å². The largest absolute Gasteiger partial charge is 0.493 e. The molecule has 1 aromatic rings. The van der Waals surface area contributed by atoms with Crippen LogP contribution in [0.4, 0.5) is 0 Å². The first-order valence-electron chi connectivity index (χ1n) is 7.38. The van der Waals surface area contributed by atoms with Crippen molar-refractivity contribution in [2.24, 2.45) is 0 Å². The smallest absolute Gasteiger partial charge is 0.223 e. The lowest BCUT2D eigenvalue weighted by Gasteiger charge is -2.19. The van der Waals surface area contributed by atoms with Gasteiger partial charge in [0.1, 0.15) is 5.75 Å². The Hall–Kier alpha value is -1.60. The predicted octanol–water partition coefficient (Wildman–Crippen LogP) is 0.996. The number of rotatable bonds is 9. The van der Waals surface area contributed by atoms with E-state index in [-0.39, 0.29) is 18.4 Å². The molecule has 1 aliphatic carbocycles. The highest BCUT2D eigenvalue weighted by Crippen LogP contribution is 2.28. The first kappa shape index (κ1) is 16.8. The van der Waals surface area contributed by atoms with Crippen molar-refractivity contribution < 1.29 is 17.9 Å². The van der Waals surface area contributed by atoms with Gasteiger partial charge >= 0.3 is 0 Å². The predicted molar refractivity (Wildman–Crippen MR) is 84.1 cm³/mol. The number of hydrogen-bond donors (Lipinski definition) is 1. The minimum Gasteiger partial charge on any atom is -0.493 e. The lowest BCUT2D eigenvalue weighted by molar-refractivity contribution is -0.121. The van der Waals surface area contributed by atoms with Gasteiger partial charge in [-0.05, 0) is 25.0 Å². The number of carbonyl (C=O) groups is 1. The zero-order valence-electron chi connectivity index (χ0n) is 12.7. The van der Waals surface area contributed by atoms with Crippen LogP contribution >= 0.6 is 0 Å². The molecule has 1 fully saturated rings. The average molecular weight is 326 g/mol. The third kappa shape index (κ3) is 5.65. The van der Waals surface area contributed by atoms with Crippen LogP contribution in [-0.2, 0) is 14.8 Å². The van der Waals surface area contributed by atoms with E-state index in [9.17, 15) is 13.2 Å². The fraction of sp³-hybridized carbons (Fsp3) is 0.533. The molecule has 122 valence electrons. The second-order valence-electron chi connectivity index (χ2n) is 5.37. The summed E-state index contributed by atoms with van der Waals surface area (Å²) in [6, 6.07) is 9.41. The van der Waals surface area contributed by atoms with Gasteiger partial charge in [-0.1, -0.05) is 18.2 Å². The number of hydrogen-bond acceptors (Lipinski definition) is 4. The number of carbonyl (C=O) groups excluding carboxylic acids is 1. The molecule has 6 nitrogen and oxygen atoms in total. The highest BCUT2D eigenvalue weighted by molar-refractivity contribution is 7.88. The van der Waals surface area contributed by atoms with Crippen molar-refractivity contribution in [3.63, 3.8) is 0 Å². The Morgan fingerprint density at radius 1 is 1.32 bits per heavy atom. The molecule has 0 spiro atoms. The summed E-state index contributed by atoms with van der Waals surface area (Å²) in [7, 11) is -3.20. The maximum Gasteiger partial charge on any atom is 0.223 e. The lowest BCUT2D eigenvalue weighted by Crippen LogP contribution is -2.39. The van der Waals surface area contributed by atoms with Gasteiger partial charge in [-0.2, -0.15) is 4.31 Å². The van der Waals surface area contributed by atoms with Crippen molar-refractivity contribution in [1.29, 1.82) is 0 Å². The van der Waals surface area contributed by atoms with Crippen LogP contribution in [-0.4, -0.2) is 50.6 Å². The van der Waals surface area contributed by atoms with Crippen molar-refractivity contribution in [2.45, 2.75) is 25.3 Å². The molecule has 2 rings (SSSR count). The number of nitrogens with zero attached hydrogens (tertiary/aromatic N) is 1. The van der Waals surface area contributed by atoms with Gasteiger partial charge in [0.15, 0.2) is 0 Å². The van der Waals surface area contributed by atoms with Crippen LogP contribution in [0.2, 0.25) is 0 Å². The number of amides is 1. The standard InChI is InChI=1S/C15H22N2O4S/c1-22(19,20)17(13-7-8-13)11-10-16-15(18)9-12-21-14-5-3-2-4-6-14/h2-6,13H,7-12H2,1H3,(H,16,18). The van der Waals surface area contributed by atoms with Crippen LogP contribution in [0.5, 0.6) is 5.75 Å². The van der Waals surface area contributed by atoms with E-state index in [4.69, 9.17) is 4.74 Å². The zero-order valence-corrected chi connectivity index (χ0v) is 13.5. The summed E-state index contributed by atoms with van der Waals surface area (Å²) in [6.07, 6.45) is 3.27. The maximum atomic E-state index is 11.7. The van der Waals surface area contributed by atoms with Crippen molar-refractivity contribution in [3.05, 3.63) is 30.3 Å². The first-order chi connectivity index (χ1) is 10.5. The number of nitrogens with one attached hydrogen (secondary N) is 1. The Kier molecular flexibility index (Phi) is 5.79. The van der Waals surface area contributed by atoms with Gasteiger partial charge < -0.3 is 10.1 Å². The fourth-order valence-electron chi connectivity index (χ4n) is 2.15. The van der Waals surface area contributed by atoms with Crippen molar-refractivity contribution >= 4 is 15.9 Å². The Morgan fingerprint density at radius 3 is 2.59 bits per heavy atom. The van der Waals surface area contributed by atoms with Crippen molar-refractivity contribution in [1.82, 2.24) is 9.62 Å². The molecule has 0 heterocycles. The molecule has 0 atom stereocenters. The minimum absolute atomic E-state index is 0.119. The van der Waals surface area contributed by atoms with Gasteiger partial charge in [0.25, 0.3) is 0 Å². The normalized spacial score (nSPS) is 14.8. The second-order valence-corrected chi connectivity index (χ2v) is 7.30. The Morgan fingerprint density at radius 2 is 2.00 bits per heavy atom. The Balaban J connectivity index is 1.63. The topological polar surface area (TPSA) is 75.7 Å². The molecule has 0 aromatic heterocycles. The molecular weight excluding hydrogens is 304 g/mol. The molecule has 0 unspecified atom stereocenters. The molecule has 0 bridgehead atoms. The van der Waals surface area contributed by atoms with Crippen LogP contribution in [0.3, 0.4) is 0 Å². The Bertz CT molecular complexity index is 585. The molecule has 1 aliphatic rings. The maximum absolute atomic E-state index is 11.7. The molecule has 1 N–H and O–H groups in total. The number of para-hydroxylation sites is 1. The highest BCUT2D eigenvalue weighted by Gasteiger charge is 2.34. The summed E-state index contributed by atoms with van der Waals surface area (Å²) < 4.78 is 30.1. The average Bonchev–Trinajstić information content (AvgIpc) is 3.28. The van der Waals surface area contributed by atoms with Crippen LogP contribution in [0, 0.1) is 0 Å². The Labute approximate surface area is 131 Å². The van der Waals surface area contributed by atoms with Crippen LogP contribution in [0.1, 0.15) is 19.3 Å². The molecule has 1 saturated carbocycles. The van der Waals surface area contributed by atoms with Gasteiger partial charge in [-0.25, -0.2) is 8.42 Å². The summed E-state index contributed by atoms with van der Waals surface area (Å²) in [6.45, 7) is 0.955. The summed E-state index contributed by atoms with van der Waals surface area (Å²) in [5.41, 5.74) is 0. The summed E-state index contributed by atoms with van der Waals surface area (Å²) in [5, 5.41) is 2.73. The molecule has 1 amide bonds. The molecule has 0 saturated heterocycles. The molecule has 22 heavy (non-hydrogen) atoms. The van der Waals surface area contributed by atoms with Gasteiger partial charge in [-0.3, -0.25) is 4.79 Å². The highest BCUT2D eigenvalue weighted by atomic mass is 32.2. The second kappa shape index (κ2) is 7.60. The van der Waals surface area contributed by atoms with Crippen LogP contribution < -0.4 is 10.1 Å². The number of ether oxygens (including phenoxy) is 1. The molecule has 1 aromatic carbocycles. The van der Waals surface area contributed by atoms with E-state index >= 15 is 0 Å². The fourth-order valence-corrected chi connectivity index (χ4v) is 3.33. The van der Waals surface area contributed by atoms with Gasteiger partial charge in [0.05, 0.1) is 19.3 Å². The minimum atomic E-state index is -3.20. The van der Waals surface area contributed by atoms with Crippen LogP contribution in [0.25, 0.3) is 0 Å². The summed E-state index contributed by atoms with van der Waals surface area (Å²) in [5.74, 6) is 0.590. The van der Waals surface area contributed by atoms with Gasteiger partial charge in [0.2, 0.25) is 15.9 Å². The lowest BCUT2D eigenvalue weighted by atomic mass is 10.3. The third-order valence-corrected chi connectivity index (χ3v) is 4.71.